The minimum atomic E-state index is -0.381. The second-order valence-corrected chi connectivity index (χ2v) is 9.38. The van der Waals surface area contributed by atoms with Crippen molar-refractivity contribution in [3.63, 3.8) is 0 Å². The number of rotatable bonds is 6. The van der Waals surface area contributed by atoms with E-state index < -0.39 is 0 Å². The molecule has 0 saturated heterocycles. The molecule has 0 radical (unpaired) electrons. The van der Waals surface area contributed by atoms with E-state index in [2.05, 4.69) is 44.4 Å². The molecular weight excluding hydrogens is 457 g/mol. The van der Waals surface area contributed by atoms with E-state index in [1.807, 2.05) is 31.6 Å². The molecule has 36 heavy (non-hydrogen) atoms. The third kappa shape index (κ3) is 3.91. The summed E-state index contributed by atoms with van der Waals surface area (Å²) < 4.78 is 23.7. The Bertz CT molecular complexity index is 1580. The molecule has 1 aliphatic rings. The molecule has 0 aliphatic heterocycles. The standard InChI is InChI=1S/C27H26FN7O/c1-34(2)22-8-9-23(22)36-24-12-16(17-13-32-35(3)14-17)11-21-25(24)27(31-15-30-21)33-20-7-6-19-18(26(20)28)5-4-10-29-19/h4-7,10-15,22-23H,8-9H2,1-3H3,(H,30,31,33)/t22-,23-/m0/s1. The maximum Gasteiger partial charge on any atom is 0.156 e. The normalized spacial score (nSPS) is 17.5. The van der Waals surface area contributed by atoms with Crippen molar-refractivity contribution in [2.75, 3.05) is 19.4 Å². The Morgan fingerprint density at radius 3 is 2.69 bits per heavy atom. The smallest absolute Gasteiger partial charge is 0.156 e. The number of benzene rings is 2. The van der Waals surface area contributed by atoms with Crippen LogP contribution < -0.4 is 10.1 Å². The van der Waals surface area contributed by atoms with Crippen LogP contribution in [0, 0.1) is 5.82 Å². The molecule has 2 atom stereocenters. The van der Waals surface area contributed by atoms with Gasteiger partial charge in [0.05, 0.1) is 28.3 Å². The molecule has 8 nitrogen and oxygen atoms in total. The number of nitrogens with one attached hydrogen (secondary N) is 1. The second-order valence-electron chi connectivity index (χ2n) is 9.38. The van der Waals surface area contributed by atoms with Gasteiger partial charge in [-0.25, -0.2) is 14.4 Å². The monoisotopic (exact) mass is 483 g/mol. The van der Waals surface area contributed by atoms with Gasteiger partial charge in [-0.2, -0.15) is 5.10 Å². The maximum absolute atomic E-state index is 15.4. The van der Waals surface area contributed by atoms with Crippen LogP contribution in [0.2, 0.25) is 0 Å². The van der Waals surface area contributed by atoms with Gasteiger partial charge in [0.15, 0.2) is 5.82 Å². The zero-order valence-electron chi connectivity index (χ0n) is 20.3. The largest absolute Gasteiger partial charge is 0.488 e. The number of hydrogen-bond acceptors (Lipinski definition) is 7. The molecule has 0 spiro atoms. The number of halogens is 1. The van der Waals surface area contributed by atoms with E-state index in [0.29, 0.717) is 45.1 Å². The van der Waals surface area contributed by atoms with Gasteiger partial charge in [-0.1, -0.05) is 0 Å². The summed E-state index contributed by atoms with van der Waals surface area (Å²) in [6.07, 6.45) is 8.99. The van der Waals surface area contributed by atoms with Crippen molar-refractivity contribution in [2.24, 2.45) is 7.05 Å². The molecule has 1 aliphatic carbocycles. The first kappa shape index (κ1) is 22.4. The number of pyridine rings is 1. The lowest BCUT2D eigenvalue weighted by molar-refractivity contribution is 0.0206. The summed E-state index contributed by atoms with van der Waals surface area (Å²) in [5.41, 5.74) is 3.51. The highest BCUT2D eigenvalue weighted by molar-refractivity contribution is 5.99. The van der Waals surface area contributed by atoms with Crippen LogP contribution in [-0.2, 0) is 7.05 Å². The lowest BCUT2D eigenvalue weighted by Crippen LogP contribution is -2.50. The first-order chi connectivity index (χ1) is 17.5. The molecule has 1 fully saturated rings. The Morgan fingerprint density at radius 1 is 1.06 bits per heavy atom. The van der Waals surface area contributed by atoms with Crippen LogP contribution in [0.3, 0.4) is 0 Å². The van der Waals surface area contributed by atoms with Crippen molar-refractivity contribution in [1.82, 2.24) is 29.6 Å². The van der Waals surface area contributed by atoms with Gasteiger partial charge in [-0.15, -0.1) is 0 Å². The van der Waals surface area contributed by atoms with E-state index in [1.54, 1.807) is 35.1 Å². The number of fused-ring (bicyclic) bond motifs is 2. The summed E-state index contributed by atoms with van der Waals surface area (Å²) in [6, 6.07) is 11.2. The lowest BCUT2D eigenvalue weighted by atomic mass is 9.88. The average molecular weight is 484 g/mol. The van der Waals surface area contributed by atoms with Crippen LogP contribution in [0.25, 0.3) is 32.9 Å². The van der Waals surface area contributed by atoms with Gasteiger partial charge < -0.3 is 15.0 Å². The van der Waals surface area contributed by atoms with E-state index >= 15 is 4.39 Å². The third-order valence-electron chi connectivity index (χ3n) is 6.83. The Morgan fingerprint density at radius 2 is 1.94 bits per heavy atom. The summed E-state index contributed by atoms with van der Waals surface area (Å²) in [5.74, 6) is 0.762. The minimum absolute atomic E-state index is 0.0453. The maximum atomic E-state index is 15.4. The third-order valence-corrected chi connectivity index (χ3v) is 6.83. The quantitative estimate of drug-likeness (QED) is 0.367. The summed E-state index contributed by atoms with van der Waals surface area (Å²) in [4.78, 5) is 15.5. The first-order valence-corrected chi connectivity index (χ1v) is 11.9. The molecule has 0 amide bonds. The number of nitrogens with zero attached hydrogens (tertiary/aromatic N) is 6. The van der Waals surface area contributed by atoms with Crippen molar-refractivity contribution in [1.29, 1.82) is 0 Å². The van der Waals surface area contributed by atoms with E-state index in [9.17, 15) is 0 Å². The molecule has 3 aromatic heterocycles. The Labute approximate surface area is 207 Å². The number of ether oxygens (including phenoxy) is 1. The predicted octanol–water partition coefficient (Wildman–Crippen LogP) is 4.93. The highest BCUT2D eigenvalue weighted by atomic mass is 19.1. The first-order valence-electron chi connectivity index (χ1n) is 11.9. The molecule has 6 rings (SSSR count). The van der Waals surface area contributed by atoms with Crippen LogP contribution >= 0.6 is 0 Å². The van der Waals surface area contributed by atoms with Gasteiger partial charge in [0, 0.05) is 36.4 Å². The van der Waals surface area contributed by atoms with Gasteiger partial charge in [-0.3, -0.25) is 9.67 Å². The van der Waals surface area contributed by atoms with Crippen LogP contribution in [0.15, 0.2) is 61.3 Å². The number of aromatic nitrogens is 5. The van der Waals surface area contributed by atoms with Gasteiger partial charge in [-0.05, 0) is 68.9 Å². The van der Waals surface area contributed by atoms with Crippen LogP contribution in [-0.4, -0.2) is 55.9 Å². The number of anilines is 2. The fraction of sp³-hybridized carbons (Fsp3) is 0.259. The van der Waals surface area contributed by atoms with Crippen LogP contribution in [0.4, 0.5) is 15.9 Å². The zero-order valence-corrected chi connectivity index (χ0v) is 20.3. The van der Waals surface area contributed by atoms with Gasteiger partial charge in [0.25, 0.3) is 0 Å². The fourth-order valence-corrected chi connectivity index (χ4v) is 4.76. The lowest BCUT2D eigenvalue weighted by Gasteiger charge is -2.41. The van der Waals surface area contributed by atoms with Gasteiger partial charge in [0.2, 0.25) is 0 Å². The summed E-state index contributed by atoms with van der Waals surface area (Å²) >= 11 is 0. The number of likely N-dealkylation sites (N-methyl/N-ethyl adjacent to an activating group) is 1. The molecule has 1 saturated carbocycles. The Hall–Kier alpha value is -4.11. The second kappa shape index (κ2) is 8.83. The summed E-state index contributed by atoms with van der Waals surface area (Å²) in [5, 5.41) is 8.66. The molecular formula is C27H26FN7O. The van der Waals surface area contributed by atoms with Crippen molar-refractivity contribution in [2.45, 2.75) is 25.0 Å². The van der Waals surface area contributed by atoms with Crippen molar-refractivity contribution in [3.8, 4) is 16.9 Å². The average Bonchev–Trinajstić information content (AvgIpc) is 3.29. The number of aryl methyl sites for hydroxylation is 1. The number of hydrogen-bond donors (Lipinski definition) is 1. The highest BCUT2D eigenvalue weighted by Gasteiger charge is 2.35. The highest BCUT2D eigenvalue weighted by Crippen LogP contribution is 2.39. The summed E-state index contributed by atoms with van der Waals surface area (Å²) in [6.45, 7) is 0. The molecule has 3 heterocycles. The van der Waals surface area contributed by atoms with Crippen molar-refractivity contribution < 1.29 is 9.13 Å². The Balaban J connectivity index is 1.47. The molecule has 0 unspecified atom stereocenters. The minimum Gasteiger partial charge on any atom is -0.488 e. The fourth-order valence-electron chi connectivity index (χ4n) is 4.76. The van der Waals surface area contributed by atoms with Gasteiger partial charge >= 0.3 is 0 Å². The zero-order chi connectivity index (χ0) is 24.8. The van der Waals surface area contributed by atoms with Crippen LogP contribution in [0.5, 0.6) is 5.75 Å². The molecule has 9 heteroatoms. The summed E-state index contributed by atoms with van der Waals surface area (Å²) in [7, 11) is 6.02. The van der Waals surface area contributed by atoms with Gasteiger partial charge in [0.1, 0.15) is 24.0 Å². The predicted molar refractivity (Wildman–Crippen MR) is 138 cm³/mol. The molecule has 5 aromatic rings. The van der Waals surface area contributed by atoms with E-state index in [4.69, 9.17) is 4.74 Å². The topological polar surface area (TPSA) is 81.0 Å². The van der Waals surface area contributed by atoms with E-state index in [-0.39, 0.29) is 11.9 Å². The van der Waals surface area contributed by atoms with E-state index in [1.165, 1.54) is 6.33 Å². The van der Waals surface area contributed by atoms with E-state index in [0.717, 1.165) is 24.0 Å². The van der Waals surface area contributed by atoms with Crippen LogP contribution in [0.1, 0.15) is 12.8 Å². The molecule has 182 valence electrons. The van der Waals surface area contributed by atoms with Crippen molar-refractivity contribution >= 4 is 33.3 Å². The SMILES string of the molecule is CN(C)[C@H]1CC[C@@H]1Oc1cc(-c2cnn(C)c2)cc2ncnc(Nc3ccc4ncccc4c3F)c12. The molecule has 1 N–H and O–H groups in total. The van der Waals surface area contributed by atoms with Crippen molar-refractivity contribution in [3.05, 3.63) is 67.1 Å². The molecule has 2 aromatic carbocycles. The molecule has 0 bridgehead atoms. The Kier molecular flexibility index (Phi) is 5.49.